The highest BCUT2D eigenvalue weighted by Gasteiger charge is 2.28. The molecule has 0 aliphatic rings. The molecule has 0 saturated heterocycles. The Balaban J connectivity index is 2.29. The molecule has 26 heavy (non-hydrogen) atoms. The van der Waals surface area contributed by atoms with Gasteiger partial charge in [-0.1, -0.05) is 41.9 Å². The second kappa shape index (κ2) is 7.89. The number of benzene rings is 2. The summed E-state index contributed by atoms with van der Waals surface area (Å²) in [5.74, 6) is -0.810. The first-order chi connectivity index (χ1) is 12.2. The van der Waals surface area contributed by atoms with Crippen LogP contribution in [0.3, 0.4) is 0 Å². The molecule has 10 heteroatoms. The largest absolute Gasteiger partial charge is 0.386 e. The van der Waals surface area contributed by atoms with Crippen LogP contribution in [0.4, 0.5) is 11.4 Å². The number of aliphatic hydroxyl groups is 1. The van der Waals surface area contributed by atoms with E-state index in [4.69, 9.17) is 11.6 Å². The summed E-state index contributed by atoms with van der Waals surface area (Å²) < 4.78 is 0. The minimum absolute atomic E-state index is 0.306. The van der Waals surface area contributed by atoms with Crippen LogP contribution in [0.5, 0.6) is 0 Å². The second-order valence-corrected chi connectivity index (χ2v) is 5.84. The van der Waals surface area contributed by atoms with Crippen molar-refractivity contribution in [1.82, 2.24) is 5.32 Å². The van der Waals surface area contributed by atoms with Crippen molar-refractivity contribution >= 4 is 28.9 Å². The number of rotatable bonds is 6. The number of carbonyl (C=O) groups excluding carboxylic acids is 1. The number of nitrogens with one attached hydrogen (secondary N) is 1. The molecule has 0 fully saturated rings. The molecule has 0 aliphatic carbocycles. The monoisotopic (exact) mass is 379 g/mol. The number of nitrogens with zero attached hydrogens (tertiary/aromatic N) is 2. The summed E-state index contributed by atoms with van der Waals surface area (Å²) in [6, 6.07) is 9.51. The van der Waals surface area contributed by atoms with E-state index in [0.29, 0.717) is 5.56 Å². The molecule has 2 N–H and O–H groups in total. The average molecular weight is 380 g/mol. The number of aliphatic hydroxyl groups excluding tert-OH is 1. The lowest BCUT2D eigenvalue weighted by Crippen LogP contribution is -2.37. The maximum atomic E-state index is 12.3. The van der Waals surface area contributed by atoms with Gasteiger partial charge in [-0.15, -0.1) is 0 Å². The third-order valence-electron chi connectivity index (χ3n) is 3.66. The SMILES string of the molecule is C[C@@H](NC(=O)c1cc([N+](=O)[O-])c(Cl)c([N+](=O)[O-])c1)C(O)c1ccccc1. The number of hydrogen-bond donors (Lipinski definition) is 2. The van der Waals surface area contributed by atoms with Gasteiger partial charge in [0.15, 0.2) is 5.02 Å². The number of nitro groups is 2. The zero-order chi connectivity index (χ0) is 19.4. The van der Waals surface area contributed by atoms with Crippen molar-refractivity contribution in [3.63, 3.8) is 0 Å². The maximum absolute atomic E-state index is 12.3. The van der Waals surface area contributed by atoms with Gasteiger partial charge in [0, 0.05) is 12.1 Å². The van der Waals surface area contributed by atoms with Crippen molar-refractivity contribution in [2.24, 2.45) is 0 Å². The average Bonchev–Trinajstić information content (AvgIpc) is 2.61. The molecule has 0 heterocycles. The van der Waals surface area contributed by atoms with Gasteiger partial charge in [0.25, 0.3) is 17.3 Å². The van der Waals surface area contributed by atoms with Crippen LogP contribution in [-0.4, -0.2) is 26.9 Å². The summed E-state index contributed by atoms with van der Waals surface area (Å²) in [6.45, 7) is 1.54. The van der Waals surface area contributed by atoms with E-state index in [0.717, 1.165) is 12.1 Å². The van der Waals surface area contributed by atoms with Crippen molar-refractivity contribution in [1.29, 1.82) is 0 Å². The molecule has 1 amide bonds. The molecule has 136 valence electrons. The predicted molar refractivity (Wildman–Crippen MR) is 93.1 cm³/mol. The minimum Gasteiger partial charge on any atom is -0.386 e. The molecule has 2 aromatic rings. The number of carbonyl (C=O) groups is 1. The van der Waals surface area contributed by atoms with Crippen molar-refractivity contribution < 1.29 is 19.7 Å². The number of amides is 1. The van der Waals surface area contributed by atoms with Crippen molar-refractivity contribution in [3.8, 4) is 0 Å². The molecule has 0 bridgehead atoms. The minimum atomic E-state index is -1.03. The maximum Gasteiger partial charge on any atom is 0.295 e. The molecule has 9 nitrogen and oxygen atoms in total. The summed E-state index contributed by atoms with van der Waals surface area (Å²) in [5.41, 5.74) is -1.24. The number of halogens is 1. The highest BCUT2D eigenvalue weighted by Crippen LogP contribution is 2.35. The fourth-order valence-electron chi connectivity index (χ4n) is 2.30. The molecule has 0 saturated carbocycles. The molecule has 0 aliphatic heterocycles. The fraction of sp³-hybridized carbons (Fsp3) is 0.188. The summed E-state index contributed by atoms with van der Waals surface area (Å²) in [4.78, 5) is 32.6. The lowest BCUT2D eigenvalue weighted by atomic mass is 10.0. The molecule has 0 spiro atoms. The van der Waals surface area contributed by atoms with Gasteiger partial charge in [0.1, 0.15) is 0 Å². The Morgan fingerprint density at radius 3 is 2.08 bits per heavy atom. The van der Waals surface area contributed by atoms with E-state index in [1.165, 1.54) is 6.92 Å². The zero-order valence-corrected chi connectivity index (χ0v) is 14.2. The Hall–Kier alpha value is -3.04. The summed E-state index contributed by atoms with van der Waals surface area (Å²) in [5, 5.41) is 34.1. The molecule has 2 atom stereocenters. The van der Waals surface area contributed by atoms with E-state index < -0.39 is 44.3 Å². The van der Waals surface area contributed by atoms with Gasteiger partial charge < -0.3 is 10.4 Å². The van der Waals surface area contributed by atoms with Crippen LogP contribution in [0.2, 0.25) is 5.02 Å². The van der Waals surface area contributed by atoms with Crippen molar-refractivity contribution in [2.45, 2.75) is 19.1 Å². The Labute approximate surface area is 152 Å². The Morgan fingerprint density at radius 1 is 1.12 bits per heavy atom. The highest BCUT2D eigenvalue weighted by atomic mass is 35.5. The van der Waals surface area contributed by atoms with E-state index in [1.54, 1.807) is 30.3 Å². The molecule has 1 unspecified atom stereocenters. The van der Waals surface area contributed by atoms with Gasteiger partial charge in [-0.05, 0) is 12.5 Å². The standard InChI is InChI=1S/C16H14ClN3O6/c1-9(15(21)10-5-3-2-4-6-10)18-16(22)11-7-12(19(23)24)14(17)13(8-11)20(25)26/h2-9,15,21H,1H3,(H,18,22)/t9-,15?/m1/s1. The van der Waals surface area contributed by atoms with Gasteiger partial charge in [0.2, 0.25) is 0 Å². The lowest BCUT2D eigenvalue weighted by molar-refractivity contribution is -0.393. The normalized spacial score (nSPS) is 12.9. The van der Waals surface area contributed by atoms with Gasteiger partial charge in [0.05, 0.1) is 27.6 Å². The summed E-state index contributed by atoms with van der Waals surface area (Å²) in [7, 11) is 0. The second-order valence-electron chi connectivity index (χ2n) is 5.46. The Morgan fingerprint density at radius 2 is 1.62 bits per heavy atom. The fourth-order valence-corrected chi connectivity index (χ4v) is 2.55. The molecular weight excluding hydrogens is 366 g/mol. The Kier molecular flexibility index (Phi) is 5.86. The van der Waals surface area contributed by atoms with E-state index in [-0.39, 0.29) is 5.56 Å². The smallest absolute Gasteiger partial charge is 0.295 e. The van der Waals surface area contributed by atoms with Crippen LogP contribution in [-0.2, 0) is 0 Å². The van der Waals surface area contributed by atoms with Gasteiger partial charge in [-0.25, -0.2) is 0 Å². The van der Waals surface area contributed by atoms with Crippen LogP contribution in [0, 0.1) is 20.2 Å². The zero-order valence-electron chi connectivity index (χ0n) is 13.5. The molecule has 0 radical (unpaired) electrons. The third-order valence-corrected chi connectivity index (χ3v) is 4.05. The van der Waals surface area contributed by atoms with Gasteiger partial charge in [-0.2, -0.15) is 0 Å². The van der Waals surface area contributed by atoms with E-state index in [1.807, 2.05) is 0 Å². The van der Waals surface area contributed by atoms with Crippen LogP contribution in [0.25, 0.3) is 0 Å². The van der Waals surface area contributed by atoms with Crippen LogP contribution >= 0.6 is 11.6 Å². The van der Waals surface area contributed by atoms with Crippen LogP contribution in [0.1, 0.15) is 28.9 Å². The predicted octanol–water partition coefficient (Wildman–Crippen LogP) is 3.01. The summed E-state index contributed by atoms with van der Waals surface area (Å²) >= 11 is 5.66. The lowest BCUT2D eigenvalue weighted by Gasteiger charge is -2.20. The highest BCUT2D eigenvalue weighted by molar-refractivity contribution is 6.35. The molecule has 2 rings (SSSR count). The van der Waals surface area contributed by atoms with E-state index in [2.05, 4.69) is 5.32 Å². The Bertz CT molecular complexity index is 823. The summed E-state index contributed by atoms with van der Waals surface area (Å²) in [6.07, 6.45) is -1.03. The first-order valence-corrected chi connectivity index (χ1v) is 7.76. The molecule has 0 aromatic heterocycles. The van der Waals surface area contributed by atoms with Gasteiger partial charge in [-0.3, -0.25) is 25.0 Å². The van der Waals surface area contributed by atoms with E-state index >= 15 is 0 Å². The molecule has 2 aromatic carbocycles. The number of nitro benzene ring substituents is 2. The van der Waals surface area contributed by atoms with Crippen molar-refractivity contribution in [3.05, 3.63) is 78.8 Å². The quantitative estimate of drug-likeness (QED) is 0.584. The topological polar surface area (TPSA) is 136 Å². The molecular formula is C16H14ClN3O6. The number of hydrogen-bond acceptors (Lipinski definition) is 6. The van der Waals surface area contributed by atoms with Crippen LogP contribution in [0.15, 0.2) is 42.5 Å². The first kappa shape index (κ1) is 19.3. The van der Waals surface area contributed by atoms with Crippen molar-refractivity contribution in [2.75, 3.05) is 0 Å². The van der Waals surface area contributed by atoms with Gasteiger partial charge >= 0.3 is 0 Å². The van der Waals surface area contributed by atoms with Crippen LogP contribution < -0.4 is 5.32 Å². The van der Waals surface area contributed by atoms with E-state index in [9.17, 15) is 30.1 Å². The first-order valence-electron chi connectivity index (χ1n) is 7.38. The third kappa shape index (κ3) is 4.13.